The number of rotatable bonds is 10. The number of sulfonamides is 2. The monoisotopic (exact) mass is 597 g/mol. The SMILES string of the molecule is COc1ccc(N(CC(=O)Nc2ccc(S(=O)(=O)Nc3ccc(C)cc3C)cc2)S(=O)(=O)c2ccc(F)cc2)cc1. The van der Waals surface area contributed by atoms with Crippen LogP contribution in [0.25, 0.3) is 0 Å². The van der Waals surface area contributed by atoms with Gasteiger partial charge in [-0.15, -0.1) is 0 Å². The number of methoxy groups -OCH3 is 1. The summed E-state index contributed by atoms with van der Waals surface area (Å²) < 4.78 is 74.7. The molecule has 0 aliphatic rings. The predicted octanol–water partition coefficient (Wildman–Crippen LogP) is 5.09. The Morgan fingerprint density at radius 3 is 2.02 bits per heavy atom. The summed E-state index contributed by atoms with van der Waals surface area (Å²) in [6, 6.07) is 21.1. The number of nitrogens with one attached hydrogen (secondary N) is 2. The average Bonchev–Trinajstić information content (AvgIpc) is 2.94. The van der Waals surface area contributed by atoms with Crippen LogP contribution in [0.4, 0.5) is 21.5 Å². The Morgan fingerprint density at radius 2 is 1.44 bits per heavy atom. The van der Waals surface area contributed by atoms with Crippen molar-refractivity contribution in [3.05, 3.63) is 108 Å². The predicted molar refractivity (Wildman–Crippen MR) is 156 cm³/mol. The third-order valence-corrected chi connectivity index (χ3v) is 9.29. The van der Waals surface area contributed by atoms with Crippen LogP contribution in [-0.4, -0.2) is 36.4 Å². The van der Waals surface area contributed by atoms with Gasteiger partial charge in [0.25, 0.3) is 20.0 Å². The van der Waals surface area contributed by atoms with E-state index in [-0.39, 0.29) is 21.2 Å². The molecule has 0 aliphatic heterocycles. The van der Waals surface area contributed by atoms with E-state index < -0.39 is 38.3 Å². The third-order valence-electron chi connectivity index (χ3n) is 6.12. The zero-order chi connectivity index (χ0) is 29.8. The number of nitrogens with zero attached hydrogens (tertiary/aromatic N) is 1. The number of anilines is 3. The van der Waals surface area contributed by atoms with Crippen molar-refractivity contribution >= 4 is 43.0 Å². The first-order chi connectivity index (χ1) is 19.4. The highest BCUT2D eigenvalue weighted by atomic mass is 32.2. The average molecular weight is 598 g/mol. The van der Waals surface area contributed by atoms with Crippen LogP contribution in [-0.2, 0) is 24.8 Å². The third kappa shape index (κ3) is 7.02. The van der Waals surface area contributed by atoms with E-state index in [1.165, 1.54) is 43.5 Å². The molecule has 214 valence electrons. The second kappa shape index (κ2) is 12.0. The lowest BCUT2D eigenvalue weighted by Crippen LogP contribution is -2.38. The van der Waals surface area contributed by atoms with Gasteiger partial charge in [-0.05, 0) is 98.3 Å². The number of carbonyl (C=O) groups is 1. The summed E-state index contributed by atoms with van der Waals surface area (Å²) in [5.74, 6) is -0.803. The number of benzene rings is 4. The summed E-state index contributed by atoms with van der Waals surface area (Å²) in [4.78, 5) is 12.8. The summed E-state index contributed by atoms with van der Waals surface area (Å²) in [6.45, 7) is 3.10. The maximum atomic E-state index is 13.5. The number of hydrogen-bond donors (Lipinski definition) is 2. The number of halogens is 1. The Morgan fingerprint density at radius 1 is 0.829 bits per heavy atom. The minimum Gasteiger partial charge on any atom is -0.497 e. The Hall–Kier alpha value is -4.42. The van der Waals surface area contributed by atoms with Crippen LogP contribution in [0.5, 0.6) is 5.75 Å². The Kier molecular flexibility index (Phi) is 8.64. The summed E-state index contributed by atoms with van der Waals surface area (Å²) in [5.41, 5.74) is 2.67. The minimum absolute atomic E-state index is 0.0192. The number of amides is 1. The van der Waals surface area contributed by atoms with Gasteiger partial charge < -0.3 is 10.1 Å². The van der Waals surface area contributed by atoms with Crippen LogP contribution in [0.2, 0.25) is 0 Å². The molecule has 0 aliphatic carbocycles. The van der Waals surface area contributed by atoms with Gasteiger partial charge in [-0.2, -0.15) is 0 Å². The molecule has 0 atom stereocenters. The summed E-state index contributed by atoms with van der Waals surface area (Å²) in [7, 11) is -6.69. The van der Waals surface area contributed by atoms with Crippen molar-refractivity contribution in [3.8, 4) is 5.75 Å². The van der Waals surface area contributed by atoms with E-state index in [0.717, 1.165) is 39.7 Å². The van der Waals surface area contributed by atoms with Crippen molar-refractivity contribution in [1.29, 1.82) is 0 Å². The molecule has 9 nitrogen and oxygen atoms in total. The van der Waals surface area contributed by atoms with Crippen LogP contribution in [0.15, 0.2) is 101 Å². The van der Waals surface area contributed by atoms with Gasteiger partial charge in [0.05, 0.1) is 28.3 Å². The molecule has 4 aromatic carbocycles. The molecule has 0 saturated carbocycles. The van der Waals surface area contributed by atoms with Crippen molar-refractivity contribution in [1.82, 2.24) is 0 Å². The Balaban J connectivity index is 1.53. The summed E-state index contributed by atoms with van der Waals surface area (Å²) in [5, 5.41) is 2.60. The lowest BCUT2D eigenvalue weighted by molar-refractivity contribution is -0.114. The van der Waals surface area contributed by atoms with E-state index in [1.54, 1.807) is 31.2 Å². The van der Waals surface area contributed by atoms with Gasteiger partial charge in [0, 0.05) is 5.69 Å². The van der Waals surface area contributed by atoms with Gasteiger partial charge in [-0.25, -0.2) is 21.2 Å². The lowest BCUT2D eigenvalue weighted by Gasteiger charge is -2.24. The molecule has 41 heavy (non-hydrogen) atoms. The maximum Gasteiger partial charge on any atom is 0.264 e. The van der Waals surface area contributed by atoms with E-state index in [2.05, 4.69) is 10.0 Å². The first-order valence-electron chi connectivity index (χ1n) is 12.3. The molecule has 4 aromatic rings. The summed E-state index contributed by atoms with van der Waals surface area (Å²) in [6.07, 6.45) is 0. The van der Waals surface area contributed by atoms with E-state index in [0.29, 0.717) is 11.4 Å². The second-order valence-corrected chi connectivity index (χ2v) is 12.7. The molecule has 0 aromatic heterocycles. The Bertz CT molecular complexity index is 1760. The van der Waals surface area contributed by atoms with Crippen molar-refractivity contribution in [2.45, 2.75) is 23.6 Å². The van der Waals surface area contributed by atoms with Gasteiger partial charge in [0.15, 0.2) is 0 Å². The molecule has 0 spiro atoms. The smallest absolute Gasteiger partial charge is 0.264 e. The molecule has 0 unspecified atom stereocenters. The van der Waals surface area contributed by atoms with Crippen molar-refractivity contribution in [3.63, 3.8) is 0 Å². The number of carbonyl (C=O) groups excluding carboxylic acids is 1. The molecule has 1 amide bonds. The topological polar surface area (TPSA) is 122 Å². The largest absolute Gasteiger partial charge is 0.497 e. The van der Waals surface area contributed by atoms with Crippen molar-refractivity contribution in [2.75, 3.05) is 28.0 Å². The molecule has 0 bridgehead atoms. The lowest BCUT2D eigenvalue weighted by atomic mass is 10.1. The zero-order valence-corrected chi connectivity index (χ0v) is 24.1. The number of ether oxygens (including phenoxy) is 1. The quantitative estimate of drug-likeness (QED) is 0.263. The van der Waals surface area contributed by atoms with Gasteiger partial charge in [-0.3, -0.25) is 13.8 Å². The van der Waals surface area contributed by atoms with Crippen LogP contribution >= 0.6 is 0 Å². The fourth-order valence-electron chi connectivity index (χ4n) is 3.98. The molecule has 0 fully saturated rings. The van der Waals surface area contributed by atoms with Crippen LogP contribution in [0.1, 0.15) is 11.1 Å². The number of aryl methyl sites for hydroxylation is 2. The van der Waals surface area contributed by atoms with Crippen LogP contribution in [0.3, 0.4) is 0 Å². The molecule has 12 heteroatoms. The zero-order valence-electron chi connectivity index (χ0n) is 22.5. The highest BCUT2D eigenvalue weighted by molar-refractivity contribution is 7.93. The second-order valence-electron chi connectivity index (χ2n) is 9.16. The van der Waals surface area contributed by atoms with Gasteiger partial charge in [0.2, 0.25) is 5.91 Å². The molecule has 0 radical (unpaired) electrons. The molecule has 0 saturated heterocycles. The van der Waals surface area contributed by atoms with Crippen molar-refractivity contribution < 1.29 is 30.8 Å². The van der Waals surface area contributed by atoms with Crippen LogP contribution in [0, 0.1) is 19.7 Å². The van der Waals surface area contributed by atoms with Gasteiger partial charge in [0.1, 0.15) is 18.1 Å². The molecule has 2 N–H and O–H groups in total. The molecular formula is C29H28FN3O6S2. The fraction of sp³-hybridized carbons (Fsp3) is 0.138. The van der Waals surface area contributed by atoms with E-state index >= 15 is 0 Å². The Labute approximate surface area is 238 Å². The van der Waals surface area contributed by atoms with E-state index in [9.17, 15) is 26.0 Å². The molecule has 4 rings (SSSR count). The highest BCUT2D eigenvalue weighted by Gasteiger charge is 2.27. The van der Waals surface area contributed by atoms with Gasteiger partial charge >= 0.3 is 0 Å². The maximum absolute atomic E-state index is 13.5. The highest BCUT2D eigenvalue weighted by Crippen LogP contribution is 2.27. The number of hydrogen-bond acceptors (Lipinski definition) is 6. The fourth-order valence-corrected chi connectivity index (χ4v) is 6.53. The van der Waals surface area contributed by atoms with Crippen molar-refractivity contribution in [2.24, 2.45) is 0 Å². The van der Waals surface area contributed by atoms with Crippen LogP contribution < -0.4 is 19.1 Å². The summed E-state index contributed by atoms with van der Waals surface area (Å²) >= 11 is 0. The standard InChI is InChI=1S/C29H28FN3O6S2/c1-20-4-17-28(21(2)18-20)32-40(35,36)26-15-7-23(8-16-26)31-29(34)19-33(24-9-11-25(39-3)12-10-24)41(37,38)27-13-5-22(30)6-14-27/h4-18,32H,19H2,1-3H3,(H,31,34). The first-order valence-corrected chi connectivity index (χ1v) is 15.2. The minimum atomic E-state index is -4.26. The van der Waals surface area contributed by atoms with Gasteiger partial charge in [-0.1, -0.05) is 17.7 Å². The molecular weight excluding hydrogens is 569 g/mol. The first kappa shape index (κ1) is 29.6. The normalized spacial score (nSPS) is 11.5. The van der Waals surface area contributed by atoms with E-state index in [4.69, 9.17) is 4.74 Å². The van der Waals surface area contributed by atoms with E-state index in [1.807, 2.05) is 13.0 Å². The molecule has 0 heterocycles.